The summed E-state index contributed by atoms with van der Waals surface area (Å²) in [4.78, 5) is 8.76. The van der Waals surface area contributed by atoms with Crippen molar-refractivity contribution in [2.24, 2.45) is 5.73 Å². The molecule has 3 aromatic heterocycles. The Bertz CT molecular complexity index is 785. The summed E-state index contributed by atoms with van der Waals surface area (Å²) in [6, 6.07) is 5.59. The number of aromatic nitrogens is 3. The highest BCUT2D eigenvalue weighted by molar-refractivity contribution is 5.77. The fourth-order valence-corrected chi connectivity index (χ4v) is 2.44. The van der Waals surface area contributed by atoms with Gasteiger partial charge in [-0.1, -0.05) is 5.16 Å². The fourth-order valence-electron chi connectivity index (χ4n) is 2.44. The molecule has 1 saturated carbocycles. The van der Waals surface area contributed by atoms with E-state index in [2.05, 4.69) is 15.1 Å². The minimum Gasteiger partial charge on any atom is -0.449 e. The van der Waals surface area contributed by atoms with Crippen molar-refractivity contribution in [3.63, 3.8) is 0 Å². The van der Waals surface area contributed by atoms with Gasteiger partial charge in [0.1, 0.15) is 5.52 Å². The molecule has 20 heavy (non-hydrogen) atoms. The molecule has 102 valence electrons. The summed E-state index contributed by atoms with van der Waals surface area (Å²) < 4.78 is 11.0. The molecule has 2 N–H and O–H groups in total. The summed E-state index contributed by atoms with van der Waals surface area (Å²) in [5.74, 6) is 1.44. The van der Waals surface area contributed by atoms with Gasteiger partial charge in [-0.2, -0.15) is 4.98 Å². The van der Waals surface area contributed by atoms with Crippen LogP contribution in [-0.2, 0) is 5.54 Å². The van der Waals surface area contributed by atoms with Crippen molar-refractivity contribution in [1.82, 2.24) is 15.1 Å². The molecule has 1 fully saturated rings. The van der Waals surface area contributed by atoms with Crippen molar-refractivity contribution in [2.75, 3.05) is 0 Å². The van der Waals surface area contributed by atoms with Gasteiger partial charge in [0.25, 0.3) is 5.89 Å². The van der Waals surface area contributed by atoms with Gasteiger partial charge in [-0.3, -0.25) is 0 Å². The molecule has 0 aliphatic heterocycles. The van der Waals surface area contributed by atoms with Crippen LogP contribution in [0.5, 0.6) is 0 Å². The molecule has 3 aromatic rings. The molecule has 0 atom stereocenters. The van der Waals surface area contributed by atoms with Crippen LogP contribution in [0.1, 0.15) is 30.8 Å². The number of pyridine rings is 1. The van der Waals surface area contributed by atoms with Gasteiger partial charge in [0.15, 0.2) is 17.2 Å². The monoisotopic (exact) mass is 270 g/mol. The number of hydrogen-bond donors (Lipinski definition) is 1. The molecule has 0 radical (unpaired) electrons. The van der Waals surface area contributed by atoms with Crippen LogP contribution in [0.3, 0.4) is 0 Å². The molecule has 0 unspecified atom stereocenters. The Hall–Kier alpha value is -2.21. The lowest BCUT2D eigenvalue weighted by molar-refractivity contribution is 0.229. The first-order valence-electron chi connectivity index (χ1n) is 6.65. The summed E-state index contributed by atoms with van der Waals surface area (Å²) >= 11 is 0. The Balaban J connectivity index is 1.75. The third kappa shape index (κ3) is 1.65. The highest BCUT2D eigenvalue weighted by Crippen LogP contribution is 2.38. The van der Waals surface area contributed by atoms with E-state index in [4.69, 9.17) is 14.7 Å². The van der Waals surface area contributed by atoms with Gasteiger partial charge in [0.2, 0.25) is 0 Å². The highest BCUT2D eigenvalue weighted by Gasteiger charge is 2.39. The van der Waals surface area contributed by atoms with Crippen LogP contribution in [0.2, 0.25) is 0 Å². The Kier molecular flexibility index (Phi) is 2.26. The molecule has 6 nitrogen and oxygen atoms in total. The molecule has 4 rings (SSSR count). The van der Waals surface area contributed by atoms with E-state index in [9.17, 15) is 0 Å². The Morgan fingerprint density at radius 3 is 2.85 bits per heavy atom. The molecule has 0 spiro atoms. The van der Waals surface area contributed by atoms with Gasteiger partial charge in [-0.05, 0) is 38.3 Å². The van der Waals surface area contributed by atoms with Crippen LogP contribution in [0.15, 0.2) is 27.1 Å². The number of nitrogens with zero attached hydrogens (tertiary/aromatic N) is 3. The second-order valence-corrected chi connectivity index (χ2v) is 5.38. The number of fused-ring (bicyclic) bond motifs is 1. The summed E-state index contributed by atoms with van der Waals surface area (Å²) in [6.45, 7) is 1.94. The van der Waals surface area contributed by atoms with Gasteiger partial charge in [-0.15, -0.1) is 0 Å². The zero-order valence-corrected chi connectivity index (χ0v) is 11.1. The Labute approximate surface area is 115 Å². The minimum absolute atomic E-state index is 0.354. The van der Waals surface area contributed by atoms with Crippen LogP contribution >= 0.6 is 0 Å². The van der Waals surface area contributed by atoms with Gasteiger partial charge < -0.3 is 14.7 Å². The van der Waals surface area contributed by atoms with E-state index < -0.39 is 5.54 Å². The lowest BCUT2D eigenvalue weighted by Crippen LogP contribution is -2.44. The summed E-state index contributed by atoms with van der Waals surface area (Å²) in [5, 5.41) is 3.98. The van der Waals surface area contributed by atoms with Crippen LogP contribution in [0.25, 0.3) is 22.8 Å². The zero-order chi connectivity index (χ0) is 13.7. The normalized spacial score (nSPS) is 17.3. The first-order chi connectivity index (χ1) is 9.64. The van der Waals surface area contributed by atoms with Crippen LogP contribution < -0.4 is 5.73 Å². The fraction of sp³-hybridized carbons (Fsp3) is 0.357. The quantitative estimate of drug-likeness (QED) is 0.769. The molecular formula is C14H14N4O2. The highest BCUT2D eigenvalue weighted by atomic mass is 16.5. The maximum atomic E-state index is 6.18. The average molecular weight is 270 g/mol. The van der Waals surface area contributed by atoms with Crippen molar-refractivity contribution < 1.29 is 8.94 Å². The van der Waals surface area contributed by atoms with Crippen molar-refractivity contribution in [1.29, 1.82) is 0 Å². The Morgan fingerprint density at radius 2 is 2.10 bits per heavy atom. The number of furan rings is 1. The van der Waals surface area contributed by atoms with E-state index in [-0.39, 0.29) is 0 Å². The van der Waals surface area contributed by atoms with E-state index >= 15 is 0 Å². The predicted octanol–water partition coefficient (Wildman–Crippen LogP) is 2.52. The molecule has 3 heterocycles. The Morgan fingerprint density at radius 1 is 1.25 bits per heavy atom. The van der Waals surface area contributed by atoms with Crippen molar-refractivity contribution in [3.05, 3.63) is 29.7 Å². The lowest BCUT2D eigenvalue weighted by Gasteiger charge is -2.34. The standard InChI is InChI=1S/C14H14N4O2/c1-8-3-4-10-9(16-8)7-11(19-10)12-17-13(18-20-12)14(15)5-2-6-14/h3-4,7H,2,5-6,15H2,1H3. The second kappa shape index (κ2) is 3.89. The number of rotatable bonds is 2. The van der Waals surface area contributed by atoms with Crippen LogP contribution in [0, 0.1) is 6.92 Å². The molecular weight excluding hydrogens is 256 g/mol. The van der Waals surface area contributed by atoms with Crippen LogP contribution in [-0.4, -0.2) is 15.1 Å². The number of aryl methyl sites for hydroxylation is 1. The maximum absolute atomic E-state index is 6.18. The van der Waals surface area contributed by atoms with E-state index in [1.54, 1.807) is 0 Å². The molecule has 6 heteroatoms. The largest absolute Gasteiger partial charge is 0.449 e. The smallest absolute Gasteiger partial charge is 0.293 e. The minimum atomic E-state index is -0.428. The molecule has 1 aliphatic rings. The molecule has 0 saturated heterocycles. The molecule has 0 aromatic carbocycles. The van der Waals surface area contributed by atoms with E-state index in [1.807, 2.05) is 25.1 Å². The average Bonchev–Trinajstić information content (AvgIpc) is 3.01. The number of hydrogen-bond acceptors (Lipinski definition) is 6. The molecule has 0 amide bonds. The zero-order valence-electron chi connectivity index (χ0n) is 11.1. The second-order valence-electron chi connectivity index (χ2n) is 5.38. The first-order valence-corrected chi connectivity index (χ1v) is 6.65. The summed E-state index contributed by atoms with van der Waals surface area (Å²) in [5.41, 5.74) is 8.18. The van der Waals surface area contributed by atoms with Crippen molar-refractivity contribution in [3.8, 4) is 11.7 Å². The van der Waals surface area contributed by atoms with E-state index in [0.717, 1.165) is 30.5 Å². The van der Waals surface area contributed by atoms with Crippen molar-refractivity contribution in [2.45, 2.75) is 31.7 Å². The van der Waals surface area contributed by atoms with Gasteiger partial charge in [-0.25, -0.2) is 4.98 Å². The van der Waals surface area contributed by atoms with E-state index in [1.165, 1.54) is 0 Å². The maximum Gasteiger partial charge on any atom is 0.293 e. The third-order valence-corrected chi connectivity index (χ3v) is 3.84. The SMILES string of the molecule is Cc1ccc2oc(-c3nc(C4(N)CCC4)no3)cc2n1. The lowest BCUT2D eigenvalue weighted by atomic mass is 9.77. The molecule has 1 aliphatic carbocycles. The van der Waals surface area contributed by atoms with Crippen molar-refractivity contribution >= 4 is 11.1 Å². The van der Waals surface area contributed by atoms with Gasteiger partial charge >= 0.3 is 0 Å². The summed E-state index contributed by atoms with van der Waals surface area (Å²) in [6.07, 6.45) is 2.90. The predicted molar refractivity (Wildman–Crippen MR) is 71.8 cm³/mol. The molecule has 0 bridgehead atoms. The topological polar surface area (TPSA) is 91.0 Å². The van der Waals surface area contributed by atoms with Gasteiger partial charge in [0, 0.05) is 11.8 Å². The first kappa shape index (κ1) is 11.6. The van der Waals surface area contributed by atoms with Crippen LogP contribution in [0.4, 0.5) is 0 Å². The third-order valence-electron chi connectivity index (χ3n) is 3.84. The number of nitrogens with two attached hydrogens (primary N) is 1. The summed E-state index contributed by atoms with van der Waals surface area (Å²) in [7, 11) is 0. The van der Waals surface area contributed by atoms with E-state index in [0.29, 0.717) is 23.1 Å². The van der Waals surface area contributed by atoms with Gasteiger partial charge in [0.05, 0.1) is 5.54 Å².